The molecule has 0 saturated carbocycles. The normalized spacial score (nSPS) is 20.0. The van der Waals surface area contributed by atoms with Gasteiger partial charge in [-0.25, -0.2) is 4.99 Å². The van der Waals surface area contributed by atoms with E-state index in [0.717, 1.165) is 37.1 Å². The van der Waals surface area contributed by atoms with Gasteiger partial charge in [0.25, 0.3) is 5.91 Å². The van der Waals surface area contributed by atoms with Crippen LogP contribution in [0.1, 0.15) is 5.56 Å². The highest BCUT2D eigenvalue weighted by molar-refractivity contribution is 6.13. The van der Waals surface area contributed by atoms with Crippen molar-refractivity contribution in [3.8, 4) is 0 Å². The predicted octanol–water partition coefficient (Wildman–Crippen LogP) is 1.57. The van der Waals surface area contributed by atoms with E-state index in [1.54, 1.807) is 0 Å². The second-order valence-electron chi connectivity index (χ2n) is 5.76. The summed E-state index contributed by atoms with van der Waals surface area (Å²) in [6.07, 6.45) is 1.84. The maximum atomic E-state index is 12.2. The van der Waals surface area contributed by atoms with Gasteiger partial charge in [-0.15, -0.1) is 0 Å². The average Bonchev–Trinajstić information content (AvgIpc) is 2.96. The summed E-state index contributed by atoms with van der Waals surface area (Å²) in [4.78, 5) is 18.7. The zero-order valence-electron chi connectivity index (χ0n) is 12.7. The minimum absolute atomic E-state index is 0.133. The first kappa shape index (κ1) is 14.0. The van der Waals surface area contributed by atoms with Gasteiger partial charge in [-0.05, 0) is 28.5 Å². The summed E-state index contributed by atoms with van der Waals surface area (Å²) in [6.45, 7) is 3.56. The van der Waals surface area contributed by atoms with Crippen LogP contribution in [0.2, 0.25) is 0 Å². The number of nitrogens with zero attached hydrogens (tertiary/aromatic N) is 2. The predicted molar refractivity (Wildman–Crippen MR) is 91.9 cm³/mol. The number of carbonyl (C=O) groups excluding carboxylic acids is 1. The number of hydrogen-bond donors (Lipinski definition) is 2. The van der Waals surface area contributed by atoms with Gasteiger partial charge in [0.05, 0.1) is 0 Å². The Labute approximate surface area is 134 Å². The van der Waals surface area contributed by atoms with Gasteiger partial charge in [0, 0.05) is 26.2 Å². The highest BCUT2D eigenvalue weighted by Gasteiger charge is 2.25. The van der Waals surface area contributed by atoms with Crippen LogP contribution in [0.5, 0.6) is 0 Å². The Hall–Kier alpha value is -2.66. The van der Waals surface area contributed by atoms with Gasteiger partial charge >= 0.3 is 0 Å². The lowest BCUT2D eigenvalue weighted by atomic mass is 10.1. The Morgan fingerprint density at radius 3 is 2.65 bits per heavy atom. The molecule has 1 saturated heterocycles. The molecular formula is C18H18N4O. The van der Waals surface area contributed by atoms with Gasteiger partial charge in [0.15, 0.2) is 0 Å². The van der Waals surface area contributed by atoms with Crippen molar-refractivity contribution < 1.29 is 4.79 Å². The summed E-state index contributed by atoms with van der Waals surface area (Å²) in [6, 6.07) is 14.3. The topological polar surface area (TPSA) is 56.7 Å². The minimum atomic E-state index is -0.133. The molecule has 2 aromatic rings. The molecule has 0 radical (unpaired) electrons. The number of amides is 1. The zero-order valence-corrected chi connectivity index (χ0v) is 12.7. The van der Waals surface area contributed by atoms with Crippen molar-refractivity contribution in [3.05, 3.63) is 53.7 Å². The van der Waals surface area contributed by atoms with E-state index in [-0.39, 0.29) is 5.91 Å². The molecule has 2 N–H and O–H groups in total. The lowest BCUT2D eigenvalue weighted by Crippen LogP contribution is -2.50. The molecule has 1 fully saturated rings. The number of aliphatic imine (C=N–C) groups is 1. The molecule has 2 heterocycles. The molecule has 0 aliphatic carbocycles. The van der Waals surface area contributed by atoms with E-state index in [0.29, 0.717) is 11.7 Å². The lowest BCUT2D eigenvalue weighted by Gasteiger charge is -2.28. The molecule has 5 heteroatoms. The van der Waals surface area contributed by atoms with E-state index < -0.39 is 0 Å². The Balaban J connectivity index is 1.63. The monoisotopic (exact) mass is 306 g/mol. The summed E-state index contributed by atoms with van der Waals surface area (Å²) in [5.41, 5.74) is 1.45. The Bertz CT molecular complexity index is 819. The number of rotatable bonds is 1. The summed E-state index contributed by atoms with van der Waals surface area (Å²) in [5, 5.41) is 8.51. The van der Waals surface area contributed by atoms with E-state index in [1.165, 1.54) is 5.39 Å². The molecule has 116 valence electrons. The van der Waals surface area contributed by atoms with Gasteiger partial charge in [-0.3, -0.25) is 10.1 Å². The number of carbonyl (C=O) groups is 1. The standard InChI is InChI=1S/C18H18N4O/c23-17-16(20-18(21-17)22-9-7-19-8-10-22)12-13-5-6-14-3-1-2-4-15(14)11-13/h1-6,11-12,19H,7-10H2,(H,20,21,23)/b16-12-. The van der Waals surface area contributed by atoms with Gasteiger partial charge in [-0.2, -0.15) is 0 Å². The zero-order chi connectivity index (χ0) is 15.6. The van der Waals surface area contributed by atoms with Crippen molar-refractivity contribution in [1.29, 1.82) is 0 Å². The van der Waals surface area contributed by atoms with E-state index in [1.807, 2.05) is 24.3 Å². The molecule has 2 aliphatic heterocycles. The van der Waals surface area contributed by atoms with E-state index in [9.17, 15) is 4.79 Å². The fourth-order valence-corrected chi connectivity index (χ4v) is 2.94. The SMILES string of the molecule is O=C1NC(N2CCNCC2)=N/C1=C\c1ccc2ccccc2c1. The molecule has 1 amide bonds. The molecule has 4 rings (SSSR count). The first-order valence-electron chi connectivity index (χ1n) is 7.86. The maximum Gasteiger partial charge on any atom is 0.276 e. The van der Waals surface area contributed by atoms with Crippen LogP contribution < -0.4 is 10.6 Å². The van der Waals surface area contributed by atoms with Gasteiger partial charge in [0.2, 0.25) is 5.96 Å². The van der Waals surface area contributed by atoms with Gasteiger partial charge in [-0.1, -0.05) is 36.4 Å². The van der Waals surface area contributed by atoms with E-state index >= 15 is 0 Å². The van der Waals surface area contributed by atoms with Crippen LogP contribution in [0.25, 0.3) is 16.8 Å². The Morgan fingerprint density at radius 2 is 1.83 bits per heavy atom. The fraction of sp³-hybridized carbons (Fsp3) is 0.222. The number of piperazine rings is 1. The van der Waals surface area contributed by atoms with Crippen molar-refractivity contribution >= 4 is 28.7 Å². The highest BCUT2D eigenvalue weighted by Crippen LogP contribution is 2.19. The van der Waals surface area contributed by atoms with Crippen molar-refractivity contribution in [2.45, 2.75) is 0 Å². The number of benzene rings is 2. The Morgan fingerprint density at radius 1 is 1.04 bits per heavy atom. The molecule has 0 atom stereocenters. The summed E-state index contributed by atoms with van der Waals surface area (Å²) in [5.74, 6) is 0.537. The van der Waals surface area contributed by atoms with Crippen LogP contribution in [0.15, 0.2) is 53.2 Å². The molecule has 0 unspecified atom stereocenters. The molecule has 0 bridgehead atoms. The van der Waals surface area contributed by atoms with Crippen LogP contribution in [0.3, 0.4) is 0 Å². The Kier molecular flexibility index (Phi) is 3.55. The minimum Gasteiger partial charge on any atom is -0.340 e. The third kappa shape index (κ3) is 2.83. The van der Waals surface area contributed by atoms with E-state index in [4.69, 9.17) is 0 Å². The van der Waals surface area contributed by atoms with Crippen molar-refractivity contribution in [2.24, 2.45) is 4.99 Å². The number of hydrogen-bond acceptors (Lipinski definition) is 4. The van der Waals surface area contributed by atoms with E-state index in [2.05, 4.69) is 44.8 Å². The third-order valence-corrected chi connectivity index (χ3v) is 4.18. The van der Waals surface area contributed by atoms with Crippen LogP contribution in [-0.2, 0) is 4.79 Å². The summed E-state index contributed by atoms with van der Waals surface area (Å²) in [7, 11) is 0. The largest absolute Gasteiger partial charge is 0.340 e. The first-order chi connectivity index (χ1) is 11.3. The molecule has 0 aromatic heterocycles. The smallest absolute Gasteiger partial charge is 0.276 e. The first-order valence-corrected chi connectivity index (χ1v) is 7.86. The number of guanidine groups is 1. The van der Waals surface area contributed by atoms with Crippen molar-refractivity contribution in [3.63, 3.8) is 0 Å². The second kappa shape index (κ2) is 5.85. The van der Waals surface area contributed by atoms with Crippen molar-refractivity contribution in [2.75, 3.05) is 26.2 Å². The van der Waals surface area contributed by atoms with Crippen LogP contribution in [0, 0.1) is 0 Å². The number of nitrogens with one attached hydrogen (secondary N) is 2. The average molecular weight is 306 g/mol. The summed E-state index contributed by atoms with van der Waals surface area (Å²) < 4.78 is 0. The maximum absolute atomic E-state index is 12.2. The highest BCUT2D eigenvalue weighted by atomic mass is 16.2. The molecule has 2 aromatic carbocycles. The quantitative estimate of drug-likeness (QED) is 0.786. The number of fused-ring (bicyclic) bond motifs is 1. The lowest BCUT2D eigenvalue weighted by molar-refractivity contribution is -0.115. The molecule has 0 spiro atoms. The van der Waals surface area contributed by atoms with Gasteiger partial charge in [0.1, 0.15) is 5.70 Å². The molecular weight excluding hydrogens is 288 g/mol. The van der Waals surface area contributed by atoms with Crippen LogP contribution in [0.4, 0.5) is 0 Å². The molecule has 23 heavy (non-hydrogen) atoms. The second-order valence-corrected chi connectivity index (χ2v) is 5.76. The van der Waals surface area contributed by atoms with Crippen molar-refractivity contribution in [1.82, 2.24) is 15.5 Å². The molecule has 5 nitrogen and oxygen atoms in total. The summed E-state index contributed by atoms with van der Waals surface area (Å²) >= 11 is 0. The fourth-order valence-electron chi connectivity index (χ4n) is 2.94. The van der Waals surface area contributed by atoms with Crippen LogP contribution >= 0.6 is 0 Å². The van der Waals surface area contributed by atoms with Crippen LogP contribution in [-0.4, -0.2) is 42.9 Å². The van der Waals surface area contributed by atoms with Gasteiger partial charge < -0.3 is 10.2 Å². The third-order valence-electron chi connectivity index (χ3n) is 4.18. The molecule has 2 aliphatic rings.